The van der Waals surface area contributed by atoms with E-state index in [9.17, 15) is 24.5 Å². The number of nitrogens with zero attached hydrogens (tertiary/aromatic N) is 2. The Balaban J connectivity index is 1.43. The maximum absolute atomic E-state index is 12.7. The summed E-state index contributed by atoms with van der Waals surface area (Å²) in [5.41, 5.74) is 3.44. The molecule has 0 saturated heterocycles. The van der Waals surface area contributed by atoms with Crippen LogP contribution in [0.25, 0.3) is 0 Å². The highest BCUT2D eigenvalue weighted by Gasteiger charge is 2.23. The topological polar surface area (TPSA) is 140 Å². The van der Waals surface area contributed by atoms with Crippen molar-refractivity contribution >= 4 is 58.6 Å². The lowest BCUT2D eigenvalue weighted by atomic mass is 10.1. The van der Waals surface area contributed by atoms with Crippen LogP contribution < -0.4 is 15.5 Å². The minimum atomic E-state index is -0.949. The highest BCUT2D eigenvalue weighted by Crippen LogP contribution is 2.32. The van der Waals surface area contributed by atoms with Crippen LogP contribution in [0.2, 0.25) is 10.0 Å². The number of anilines is 1. The van der Waals surface area contributed by atoms with Crippen molar-refractivity contribution in [2.75, 3.05) is 5.32 Å². The van der Waals surface area contributed by atoms with Gasteiger partial charge in [-0.3, -0.25) is 19.7 Å². The van der Waals surface area contributed by atoms with E-state index < -0.39 is 22.5 Å². The second-order valence-electron chi connectivity index (χ2n) is 8.45. The Morgan fingerprint density at radius 2 is 1.66 bits per heavy atom. The Morgan fingerprint density at radius 1 is 0.927 bits per heavy atom. The molecule has 0 aliphatic rings. The van der Waals surface area contributed by atoms with E-state index in [4.69, 9.17) is 27.9 Å². The molecule has 0 spiro atoms. The molecule has 0 bridgehead atoms. The zero-order valence-electron chi connectivity index (χ0n) is 21.0. The number of hydrazone groups is 1. The molecule has 2 amide bonds. The molecular weight excluding hydrogens is 571 g/mol. The summed E-state index contributed by atoms with van der Waals surface area (Å²) in [6.45, 7) is 0. The quantitative estimate of drug-likeness (QED) is 0.0797. The summed E-state index contributed by atoms with van der Waals surface area (Å²) in [6.07, 6.45) is 1.31. The number of nitro benzene ring substituents is 1. The summed E-state index contributed by atoms with van der Waals surface area (Å²) < 4.78 is 5.32. The number of benzene rings is 4. The molecular formula is C29H20Cl2N4O6. The molecule has 0 fully saturated rings. The molecule has 4 aromatic rings. The van der Waals surface area contributed by atoms with Gasteiger partial charge in [0.05, 0.1) is 28.1 Å². The van der Waals surface area contributed by atoms with Gasteiger partial charge in [-0.25, -0.2) is 10.2 Å². The third-order valence-corrected chi connectivity index (χ3v) is 6.12. The predicted molar refractivity (Wildman–Crippen MR) is 155 cm³/mol. The van der Waals surface area contributed by atoms with Gasteiger partial charge >= 0.3 is 11.7 Å². The number of carbonyl (C=O) groups is 3. The average molecular weight is 591 g/mol. The van der Waals surface area contributed by atoms with Crippen LogP contribution in [0.5, 0.6) is 5.75 Å². The Bertz CT molecular complexity index is 1640. The van der Waals surface area contributed by atoms with Crippen molar-refractivity contribution in [2.24, 2.45) is 5.10 Å². The number of nitro groups is 1. The van der Waals surface area contributed by atoms with Crippen LogP contribution in [0.15, 0.2) is 96.1 Å². The summed E-state index contributed by atoms with van der Waals surface area (Å²) in [5, 5.41) is 18.5. The first-order valence-corrected chi connectivity index (χ1v) is 12.7. The van der Waals surface area contributed by atoms with Crippen LogP contribution in [0.3, 0.4) is 0 Å². The molecule has 4 aromatic carbocycles. The van der Waals surface area contributed by atoms with E-state index in [1.54, 1.807) is 12.1 Å². The monoisotopic (exact) mass is 590 g/mol. The van der Waals surface area contributed by atoms with Crippen LogP contribution in [0.1, 0.15) is 31.8 Å². The van der Waals surface area contributed by atoms with Gasteiger partial charge in [-0.15, -0.1) is 0 Å². The summed E-state index contributed by atoms with van der Waals surface area (Å²) in [7, 11) is 0. The largest absolute Gasteiger partial charge is 0.415 e. The van der Waals surface area contributed by atoms with Crippen LogP contribution >= 0.6 is 23.2 Å². The number of esters is 1. The molecule has 0 aliphatic heterocycles. The van der Waals surface area contributed by atoms with Gasteiger partial charge in [-0.1, -0.05) is 59.6 Å². The fraction of sp³-hybridized carbons (Fsp3) is 0.0345. The zero-order valence-corrected chi connectivity index (χ0v) is 22.6. The van der Waals surface area contributed by atoms with E-state index in [2.05, 4.69) is 15.8 Å². The van der Waals surface area contributed by atoms with Crippen LogP contribution in [-0.2, 0) is 11.2 Å². The number of ether oxygens (including phenoxy) is 1. The number of nitrogens with one attached hydrogen (secondary N) is 2. The summed E-state index contributed by atoms with van der Waals surface area (Å²) in [4.78, 5) is 48.4. The van der Waals surface area contributed by atoms with Crippen molar-refractivity contribution in [3.05, 3.63) is 133 Å². The van der Waals surface area contributed by atoms with E-state index in [0.29, 0.717) is 10.7 Å². The number of rotatable bonds is 9. The Hall–Kier alpha value is -5.06. The molecule has 0 radical (unpaired) electrons. The van der Waals surface area contributed by atoms with Gasteiger partial charge in [0.15, 0.2) is 0 Å². The Kier molecular flexibility index (Phi) is 9.41. The highest BCUT2D eigenvalue weighted by molar-refractivity contribution is 6.36. The number of carbonyl (C=O) groups excluding carboxylic acids is 3. The first-order valence-electron chi connectivity index (χ1n) is 11.9. The van der Waals surface area contributed by atoms with E-state index in [-0.39, 0.29) is 39.8 Å². The molecule has 0 aromatic heterocycles. The SMILES string of the molecule is O=C(Cc1ccccc1)Nc1ccc(C(=O)N/N=C/c2cccc([N+](=O)[O-])c2OC(=O)c2ccc(Cl)cc2Cl)cc1. The van der Waals surface area contributed by atoms with Gasteiger partial charge in [0.1, 0.15) is 0 Å². The van der Waals surface area contributed by atoms with Gasteiger partial charge in [-0.2, -0.15) is 5.10 Å². The van der Waals surface area contributed by atoms with Crippen LogP contribution in [-0.4, -0.2) is 28.9 Å². The fourth-order valence-corrected chi connectivity index (χ4v) is 4.10. The van der Waals surface area contributed by atoms with Crippen molar-refractivity contribution in [3.8, 4) is 5.75 Å². The predicted octanol–water partition coefficient (Wildman–Crippen LogP) is 6.07. The molecule has 206 valence electrons. The molecule has 0 saturated carbocycles. The van der Waals surface area contributed by atoms with E-state index in [1.807, 2.05) is 30.3 Å². The van der Waals surface area contributed by atoms with Crippen LogP contribution in [0.4, 0.5) is 11.4 Å². The number of amides is 2. The van der Waals surface area contributed by atoms with Crippen LogP contribution in [0, 0.1) is 10.1 Å². The molecule has 0 atom stereocenters. The normalized spacial score (nSPS) is 10.7. The summed E-state index contributed by atoms with van der Waals surface area (Å²) in [5.74, 6) is -2.12. The van der Waals surface area contributed by atoms with Crippen molar-refractivity contribution in [2.45, 2.75) is 6.42 Å². The van der Waals surface area contributed by atoms with Gasteiger partial charge < -0.3 is 10.1 Å². The third kappa shape index (κ3) is 7.75. The van der Waals surface area contributed by atoms with Crippen molar-refractivity contribution in [1.82, 2.24) is 5.43 Å². The molecule has 0 unspecified atom stereocenters. The first-order chi connectivity index (χ1) is 19.7. The molecule has 4 rings (SSSR count). The van der Waals surface area contributed by atoms with Gasteiger partial charge in [0.2, 0.25) is 11.7 Å². The summed E-state index contributed by atoms with van der Waals surface area (Å²) >= 11 is 11.9. The van der Waals surface area contributed by atoms with Gasteiger partial charge in [0, 0.05) is 27.9 Å². The van der Waals surface area contributed by atoms with E-state index in [0.717, 1.165) is 17.8 Å². The maximum Gasteiger partial charge on any atom is 0.345 e. The summed E-state index contributed by atoms with van der Waals surface area (Å²) in [6, 6.07) is 23.4. The van der Waals surface area contributed by atoms with Crippen molar-refractivity contribution in [1.29, 1.82) is 0 Å². The Labute approximate surface area is 243 Å². The first kappa shape index (κ1) is 28.9. The number of para-hydroxylation sites is 1. The molecule has 41 heavy (non-hydrogen) atoms. The number of hydrogen-bond donors (Lipinski definition) is 2. The second kappa shape index (κ2) is 13.3. The smallest absolute Gasteiger partial charge is 0.345 e. The number of halogens is 2. The molecule has 12 heteroatoms. The zero-order chi connectivity index (χ0) is 29.4. The van der Waals surface area contributed by atoms with E-state index >= 15 is 0 Å². The lowest BCUT2D eigenvalue weighted by Crippen LogP contribution is -2.18. The van der Waals surface area contributed by atoms with E-state index in [1.165, 1.54) is 42.5 Å². The minimum Gasteiger partial charge on any atom is -0.415 e. The highest BCUT2D eigenvalue weighted by atomic mass is 35.5. The maximum atomic E-state index is 12.7. The number of hydrogen-bond acceptors (Lipinski definition) is 7. The Morgan fingerprint density at radius 3 is 2.34 bits per heavy atom. The molecule has 10 nitrogen and oxygen atoms in total. The molecule has 0 heterocycles. The molecule has 2 N–H and O–H groups in total. The van der Waals surface area contributed by atoms with Crippen molar-refractivity contribution < 1.29 is 24.0 Å². The third-order valence-electron chi connectivity index (χ3n) is 5.58. The molecule has 0 aliphatic carbocycles. The lowest BCUT2D eigenvalue weighted by Gasteiger charge is -2.09. The second-order valence-corrected chi connectivity index (χ2v) is 9.30. The van der Waals surface area contributed by atoms with Crippen molar-refractivity contribution in [3.63, 3.8) is 0 Å². The lowest BCUT2D eigenvalue weighted by molar-refractivity contribution is -0.385. The standard InChI is InChI=1S/C29H20Cl2N4O6/c30-21-11-14-23(24(31)16-21)29(38)41-27-20(7-4-8-25(27)35(39)40)17-32-34-28(37)19-9-12-22(13-10-19)33-26(36)15-18-5-2-1-3-6-18/h1-14,16-17H,15H2,(H,33,36)(H,34,37)/b32-17+. The average Bonchev–Trinajstić information content (AvgIpc) is 2.94. The van der Waals surface area contributed by atoms with Gasteiger partial charge in [-0.05, 0) is 54.1 Å². The fourth-order valence-electron chi connectivity index (χ4n) is 3.62. The van der Waals surface area contributed by atoms with Gasteiger partial charge in [0.25, 0.3) is 5.91 Å². The minimum absolute atomic E-state index is 0.00495.